The van der Waals surface area contributed by atoms with E-state index in [0.717, 1.165) is 36.4 Å². The molecule has 85 heavy (non-hydrogen) atoms. The van der Waals surface area contributed by atoms with Crippen LogP contribution in [0.25, 0.3) is 11.6 Å². The monoisotopic (exact) mass is 1260 g/mol. The molecular weight excluding hydrogens is 1180 g/mol. The van der Waals surface area contributed by atoms with Crippen LogP contribution in [0.2, 0.25) is 20.6 Å². The molecule has 0 saturated heterocycles. The van der Waals surface area contributed by atoms with Gasteiger partial charge in [-0.1, -0.05) is 74.1 Å². The summed E-state index contributed by atoms with van der Waals surface area (Å²) in [4.78, 5) is 48.0. The number of rotatable bonds is 13. The number of aromatic amines is 2. The summed E-state index contributed by atoms with van der Waals surface area (Å²) in [7, 11) is -1.00. The van der Waals surface area contributed by atoms with Gasteiger partial charge in [-0.15, -0.1) is 10.2 Å². The molecule has 460 valence electrons. The summed E-state index contributed by atoms with van der Waals surface area (Å²) in [6.07, 6.45) is 12.7. The molecule has 7 aromatic rings. The molecule has 1 unspecified atom stereocenters. The zero-order valence-corrected chi connectivity index (χ0v) is 52.8. The maximum atomic E-state index is 12.1. The highest BCUT2D eigenvalue weighted by Gasteiger charge is 2.38. The number of esters is 3. The van der Waals surface area contributed by atoms with E-state index in [4.69, 9.17) is 80.9 Å². The zero-order valence-electron chi connectivity index (χ0n) is 50.7. The van der Waals surface area contributed by atoms with Crippen molar-refractivity contribution in [1.82, 2.24) is 54.9 Å². The third kappa shape index (κ3) is 22.4. The minimum atomic E-state index is -1.00. The van der Waals surface area contributed by atoms with Crippen LogP contribution >= 0.6 is 46.4 Å². The maximum Gasteiger partial charge on any atom is 0.341 e. The van der Waals surface area contributed by atoms with Crippen LogP contribution in [0, 0.1) is 23.7 Å². The number of hydrogen-bond donors (Lipinski definition) is 2. The van der Waals surface area contributed by atoms with Crippen molar-refractivity contribution in [2.45, 2.75) is 157 Å². The number of H-pyrrole nitrogens is 2. The Labute approximate surface area is 515 Å². The molecule has 7 heterocycles. The van der Waals surface area contributed by atoms with E-state index in [1.807, 2.05) is 12.1 Å². The summed E-state index contributed by atoms with van der Waals surface area (Å²) in [6, 6.07) is 16.7. The molecule has 0 aromatic carbocycles. The summed E-state index contributed by atoms with van der Waals surface area (Å²) >= 11 is 23.6. The fourth-order valence-electron chi connectivity index (χ4n) is 7.03. The first-order valence-electron chi connectivity index (χ1n) is 28.1. The Hall–Kier alpha value is -7.01. The van der Waals surface area contributed by atoms with Gasteiger partial charge in [-0.2, -0.15) is 10.2 Å². The van der Waals surface area contributed by atoms with Crippen molar-refractivity contribution in [3.05, 3.63) is 123 Å². The maximum absolute atomic E-state index is 12.1. The van der Waals surface area contributed by atoms with E-state index in [1.54, 1.807) is 133 Å². The van der Waals surface area contributed by atoms with Gasteiger partial charge in [-0.3, -0.25) is 4.39 Å². The van der Waals surface area contributed by atoms with Crippen molar-refractivity contribution in [1.29, 1.82) is 0 Å². The Morgan fingerprint density at radius 1 is 0.506 bits per heavy atom. The summed E-state index contributed by atoms with van der Waals surface area (Å²) in [6.45, 7) is 24.8. The highest BCUT2D eigenvalue weighted by Crippen LogP contribution is 2.36. The number of ether oxygens (including phenoxy) is 7. The molecule has 0 bridgehead atoms. The zero-order chi connectivity index (χ0) is 63.3. The number of alkyl halides is 1. The second-order valence-electron chi connectivity index (χ2n) is 23.5. The second-order valence-corrected chi connectivity index (χ2v) is 25.0. The molecule has 0 amide bonds. The quantitative estimate of drug-likeness (QED) is 0.0619. The summed E-state index contributed by atoms with van der Waals surface area (Å²) in [5.74, 6) is 4.80. The van der Waals surface area contributed by atoms with Crippen LogP contribution in [0.4, 0.5) is 4.39 Å². The van der Waals surface area contributed by atoms with Crippen molar-refractivity contribution < 1.29 is 53.3 Å². The molecule has 0 aliphatic heterocycles. The van der Waals surface area contributed by atoms with Gasteiger partial charge in [-0.25, -0.2) is 48.9 Å². The Kier molecular flexibility index (Phi) is 22.7. The fourth-order valence-corrected chi connectivity index (χ4v) is 7.91. The van der Waals surface area contributed by atoms with E-state index in [2.05, 4.69) is 73.2 Å². The average Bonchev–Trinajstić information content (AvgIpc) is 3.94. The van der Waals surface area contributed by atoms with Crippen LogP contribution in [-0.2, 0) is 14.2 Å². The topological polar surface area (TPSA) is 247 Å². The molecule has 4 saturated carbocycles. The van der Waals surface area contributed by atoms with Crippen molar-refractivity contribution in [2.24, 2.45) is 23.7 Å². The lowest BCUT2D eigenvalue weighted by Crippen LogP contribution is -2.24. The van der Waals surface area contributed by atoms with E-state index < -0.39 is 41.9 Å². The lowest BCUT2D eigenvalue weighted by molar-refractivity contribution is 0.00566. The Bertz CT molecular complexity index is 3140. The first-order valence-corrected chi connectivity index (χ1v) is 28.9. The smallest absolute Gasteiger partial charge is 0.341 e. The van der Waals surface area contributed by atoms with E-state index in [-0.39, 0.29) is 49.5 Å². The summed E-state index contributed by atoms with van der Waals surface area (Å²) < 4.78 is 56.7. The predicted octanol–water partition coefficient (Wildman–Crippen LogP) is 13.6. The number of aromatic nitrogens is 11. The Balaban J connectivity index is 0.000000177. The molecule has 0 radical (unpaired) electrons. The molecule has 7 aromatic heterocycles. The van der Waals surface area contributed by atoms with Crippen LogP contribution in [0.15, 0.2) is 85.5 Å². The van der Waals surface area contributed by atoms with Crippen molar-refractivity contribution in [2.75, 3.05) is 7.15 Å². The molecule has 8 atom stereocenters. The van der Waals surface area contributed by atoms with Crippen LogP contribution in [0.5, 0.6) is 23.5 Å². The third-order valence-electron chi connectivity index (χ3n) is 12.1. The van der Waals surface area contributed by atoms with Crippen LogP contribution < -0.4 is 18.9 Å². The molecule has 2 N–H and O–H groups in total. The van der Waals surface area contributed by atoms with Crippen LogP contribution in [0.3, 0.4) is 0 Å². The Morgan fingerprint density at radius 3 is 1.08 bits per heavy atom. The van der Waals surface area contributed by atoms with Gasteiger partial charge in [0.2, 0.25) is 23.5 Å². The minimum Gasteiger partial charge on any atom is -0.474 e. The van der Waals surface area contributed by atoms with Crippen LogP contribution in [-0.4, -0.2) is 121 Å². The minimum absolute atomic E-state index is 0.0525. The van der Waals surface area contributed by atoms with E-state index in [9.17, 15) is 18.8 Å². The van der Waals surface area contributed by atoms with Crippen molar-refractivity contribution >= 4 is 64.3 Å². The molecule has 4 fully saturated rings. The predicted molar refractivity (Wildman–Crippen MR) is 319 cm³/mol. The summed E-state index contributed by atoms with van der Waals surface area (Å²) in [5.41, 5.74) is -1.06. The van der Waals surface area contributed by atoms with E-state index >= 15 is 0 Å². The van der Waals surface area contributed by atoms with Gasteiger partial charge in [0.25, 0.3) is 0 Å². The fraction of sp³-hybridized carbons (Fsp3) is 0.492. The van der Waals surface area contributed by atoms with Gasteiger partial charge in [0, 0.05) is 36.7 Å². The van der Waals surface area contributed by atoms with Crippen LogP contribution in [0.1, 0.15) is 148 Å². The SMILES string of the molecule is CC(C)(C)OC(=O)c1ccc(Cl)nc1Cl.C[C@@H]1CC1Oc1ccn(-c2ccc(C(=O)OC(C)(C)C)c(Cl)n2)n1.C[C@@H]1C[C@@H]1Oc1ccn[nH]1.C[C@H]1C[C@H]1Oc1ccn(-c2ccc(C(=O)OC(C)(C)C)c(Cl)n2)n1.C[C@H]1C[C@H]1Oc1ccn[nH]1.[2H]CF. The normalized spacial score (nSPS) is 20.5. The average molecular weight is 1260 g/mol. The number of nitrogens with one attached hydrogen (secondary N) is 2. The summed E-state index contributed by atoms with van der Waals surface area (Å²) in [5, 5.41) is 22.2. The largest absolute Gasteiger partial charge is 0.474 e. The number of halogens is 5. The highest BCUT2D eigenvalue weighted by molar-refractivity contribution is 6.34. The molecule has 0 spiro atoms. The standard InChI is InChI=1S/2C17H20ClN3O3.C10H11Cl2NO2.2C7H10N2O.CH3F/c2*1-10-9-12(10)23-14-7-8-21(20-14)13-6-5-11(15(18)19-13)16(22)24-17(2,3)4;1-10(2,3)15-9(14)6-4-5-7(11)13-8(6)12;2*1-5-4-6(5)10-7-2-3-8-9-7;1-2/h2*5-8,10,12H,9H2,1-4H3;4-5H,1-3H3;2*2-3,5-6H,4H2,1H3,(H,8,9);1H3/t10-,12?;10-,12+;;2*5-,6+;/m10.10./s1/i;;;;;1D. The number of carbonyl (C=O) groups is 3. The van der Waals surface area contributed by atoms with Gasteiger partial charge < -0.3 is 33.2 Å². The van der Waals surface area contributed by atoms with Gasteiger partial charge >= 0.3 is 17.9 Å². The molecule has 26 heteroatoms. The number of carbonyl (C=O) groups excluding carboxylic acids is 3. The van der Waals surface area contributed by atoms with Gasteiger partial charge in [0.15, 0.2) is 11.6 Å². The third-order valence-corrected chi connectivity index (χ3v) is 13.2. The molecule has 4 aliphatic rings. The molecule has 4 aliphatic carbocycles. The van der Waals surface area contributed by atoms with Crippen molar-refractivity contribution in [3.8, 4) is 35.2 Å². The Morgan fingerprint density at radius 2 is 0.812 bits per heavy atom. The van der Waals surface area contributed by atoms with Gasteiger partial charge in [-0.05, 0) is 148 Å². The van der Waals surface area contributed by atoms with Gasteiger partial charge in [0.05, 0.1) is 37.6 Å². The first kappa shape index (κ1) is 65.5. The van der Waals surface area contributed by atoms with E-state index in [1.165, 1.54) is 25.0 Å². The van der Waals surface area contributed by atoms with Gasteiger partial charge in [0.1, 0.15) is 61.8 Å². The van der Waals surface area contributed by atoms with Crippen molar-refractivity contribution in [3.63, 3.8) is 0 Å². The second kappa shape index (κ2) is 29.4. The molecule has 21 nitrogen and oxygen atoms in total. The van der Waals surface area contributed by atoms with E-state index in [0.29, 0.717) is 47.4 Å². The number of hydrogen-bond acceptors (Lipinski definition) is 17. The molecule has 11 rings (SSSR count). The highest BCUT2D eigenvalue weighted by atomic mass is 35.5. The lowest BCUT2D eigenvalue weighted by Gasteiger charge is -2.19. The number of nitrogens with zero attached hydrogens (tertiary/aromatic N) is 9. The lowest BCUT2D eigenvalue weighted by atomic mass is 10.2. The first-order chi connectivity index (χ1) is 40.4. The molecular formula is C59H74Cl4FN11O10. The number of pyridine rings is 3.